The molecule has 9 nitrogen and oxygen atoms in total. The quantitative estimate of drug-likeness (QED) is 0.375. The van der Waals surface area contributed by atoms with E-state index in [0.717, 1.165) is 72.9 Å². The van der Waals surface area contributed by atoms with Crippen molar-refractivity contribution in [1.82, 2.24) is 34.7 Å². The number of imidazole rings is 1. The summed E-state index contributed by atoms with van der Waals surface area (Å²) in [7, 11) is 1.76. The van der Waals surface area contributed by atoms with E-state index in [9.17, 15) is 4.79 Å². The lowest BCUT2D eigenvalue weighted by atomic mass is 9.92. The SMILES string of the molecule is CCCCc1cn(C2CCCCC2OC)c(=O)n1Cc1cnccc1-c1ccccc1-c1nnn[nH]1. The molecule has 0 saturated heterocycles. The number of ether oxygens (including phenoxy) is 1. The van der Waals surface area contributed by atoms with E-state index < -0.39 is 0 Å². The molecule has 1 saturated carbocycles. The summed E-state index contributed by atoms with van der Waals surface area (Å²) in [6.07, 6.45) is 13.0. The molecule has 0 aliphatic heterocycles. The number of benzene rings is 1. The number of hydrogen-bond acceptors (Lipinski definition) is 6. The first-order chi connectivity index (χ1) is 17.7. The van der Waals surface area contributed by atoms with Crippen molar-refractivity contribution >= 4 is 0 Å². The number of hydrogen-bond donors (Lipinski definition) is 1. The summed E-state index contributed by atoms with van der Waals surface area (Å²) in [6, 6.07) is 10.1. The van der Waals surface area contributed by atoms with Gasteiger partial charge in [0.25, 0.3) is 0 Å². The van der Waals surface area contributed by atoms with E-state index in [0.29, 0.717) is 12.4 Å². The van der Waals surface area contributed by atoms with Gasteiger partial charge in [0.05, 0.1) is 18.7 Å². The maximum atomic E-state index is 13.8. The Balaban J connectivity index is 1.56. The molecule has 1 aliphatic rings. The molecule has 9 heteroatoms. The Bertz CT molecular complexity index is 1340. The summed E-state index contributed by atoms with van der Waals surface area (Å²) < 4.78 is 9.65. The largest absolute Gasteiger partial charge is 0.379 e. The summed E-state index contributed by atoms with van der Waals surface area (Å²) in [5, 5.41) is 14.5. The minimum absolute atomic E-state index is 0.0255. The Labute approximate surface area is 210 Å². The van der Waals surface area contributed by atoms with E-state index in [1.165, 1.54) is 0 Å². The average Bonchev–Trinajstić information content (AvgIpc) is 3.57. The second-order valence-corrected chi connectivity index (χ2v) is 9.45. The highest BCUT2D eigenvalue weighted by Gasteiger charge is 2.29. The van der Waals surface area contributed by atoms with Gasteiger partial charge in [-0.05, 0) is 58.9 Å². The van der Waals surface area contributed by atoms with Crippen molar-refractivity contribution in [2.75, 3.05) is 7.11 Å². The van der Waals surface area contributed by atoms with Crippen molar-refractivity contribution in [2.24, 2.45) is 0 Å². The number of H-pyrrole nitrogens is 1. The number of aromatic nitrogens is 7. The molecule has 1 aliphatic carbocycles. The lowest BCUT2D eigenvalue weighted by Crippen LogP contribution is -2.36. The van der Waals surface area contributed by atoms with Crippen LogP contribution in [-0.4, -0.2) is 48.0 Å². The third kappa shape index (κ3) is 4.75. The van der Waals surface area contributed by atoms with Gasteiger partial charge in [0.15, 0.2) is 5.82 Å². The number of nitrogens with one attached hydrogen (secondary N) is 1. The zero-order valence-electron chi connectivity index (χ0n) is 20.9. The van der Waals surface area contributed by atoms with Crippen LogP contribution in [0.1, 0.15) is 62.7 Å². The molecular formula is C27H33N7O2. The Morgan fingerprint density at radius 1 is 1.11 bits per heavy atom. The van der Waals surface area contributed by atoms with Crippen LogP contribution in [0.15, 0.2) is 53.7 Å². The minimum Gasteiger partial charge on any atom is -0.379 e. The first kappa shape index (κ1) is 24.1. The number of aryl methyl sites for hydroxylation is 1. The summed E-state index contributed by atoms with van der Waals surface area (Å²) >= 11 is 0. The van der Waals surface area contributed by atoms with Crippen LogP contribution in [0.2, 0.25) is 0 Å². The lowest BCUT2D eigenvalue weighted by Gasteiger charge is -2.30. The fourth-order valence-corrected chi connectivity index (χ4v) is 5.37. The van der Waals surface area contributed by atoms with Gasteiger partial charge in [-0.3, -0.25) is 14.1 Å². The fourth-order valence-electron chi connectivity index (χ4n) is 5.37. The molecule has 1 fully saturated rings. The topological polar surface area (TPSA) is 104 Å². The van der Waals surface area contributed by atoms with Gasteiger partial charge in [0.2, 0.25) is 0 Å². The average molecular weight is 488 g/mol. The van der Waals surface area contributed by atoms with Crippen molar-refractivity contribution in [3.63, 3.8) is 0 Å². The molecule has 1 aromatic carbocycles. The standard InChI is InChI=1S/C27H33N7O2/c1-3-4-9-20-18-34(24-12-7-8-13-25(24)36-2)27(35)33(20)17-19-16-28-15-14-21(19)22-10-5-6-11-23(22)26-29-31-32-30-26/h5-6,10-11,14-16,18,24-25H,3-4,7-9,12-13,17H2,1-2H3,(H,29,30,31,32). The zero-order valence-corrected chi connectivity index (χ0v) is 20.9. The molecule has 188 valence electrons. The van der Waals surface area contributed by atoms with Crippen LogP contribution in [0.5, 0.6) is 0 Å². The number of rotatable bonds is 9. The second kappa shape index (κ2) is 11.0. The molecule has 4 aromatic rings. The fraction of sp³-hybridized carbons (Fsp3) is 0.444. The van der Waals surface area contributed by atoms with Gasteiger partial charge in [-0.15, -0.1) is 5.10 Å². The summed E-state index contributed by atoms with van der Waals surface area (Å²) in [6.45, 7) is 2.62. The molecular weight excluding hydrogens is 454 g/mol. The number of unbranched alkanes of at least 4 members (excludes halogenated alkanes) is 1. The van der Waals surface area contributed by atoms with Gasteiger partial charge in [0.1, 0.15) is 0 Å². The first-order valence-corrected chi connectivity index (χ1v) is 12.8. The van der Waals surface area contributed by atoms with Crippen LogP contribution in [0.4, 0.5) is 0 Å². The number of methoxy groups -OCH3 is 1. The number of pyridine rings is 1. The highest BCUT2D eigenvalue weighted by Crippen LogP contribution is 2.33. The highest BCUT2D eigenvalue weighted by molar-refractivity contribution is 5.81. The molecule has 0 spiro atoms. The van der Waals surface area contributed by atoms with E-state index in [1.807, 2.05) is 45.7 Å². The van der Waals surface area contributed by atoms with Gasteiger partial charge in [-0.1, -0.05) is 50.5 Å². The van der Waals surface area contributed by atoms with Crippen molar-refractivity contribution in [1.29, 1.82) is 0 Å². The van der Waals surface area contributed by atoms with Crippen LogP contribution in [0.3, 0.4) is 0 Å². The lowest BCUT2D eigenvalue weighted by molar-refractivity contribution is 0.0276. The maximum absolute atomic E-state index is 13.8. The zero-order chi connectivity index (χ0) is 24.9. The Morgan fingerprint density at radius 3 is 2.72 bits per heavy atom. The van der Waals surface area contributed by atoms with Crippen molar-refractivity contribution in [3.8, 4) is 22.5 Å². The van der Waals surface area contributed by atoms with Crippen LogP contribution in [0.25, 0.3) is 22.5 Å². The predicted octanol–water partition coefficient (Wildman–Crippen LogP) is 4.41. The molecule has 5 rings (SSSR count). The van der Waals surface area contributed by atoms with Gasteiger partial charge in [-0.25, -0.2) is 9.89 Å². The monoisotopic (exact) mass is 487 g/mol. The third-order valence-electron chi connectivity index (χ3n) is 7.25. The summed E-state index contributed by atoms with van der Waals surface area (Å²) in [5.41, 5.74) is 4.95. The van der Waals surface area contributed by atoms with Gasteiger partial charge in [-0.2, -0.15) is 0 Å². The summed E-state index contributed by atoms with van der Waals surface area (Å²) in [4.78, 5) is 18.3. The molecule has 0 radical (unpaired) electrons. The molecule has 1 N–H and O–H groups in total. The Kier molecular flexibility index (Phi) is 7.36. The minimum atomic E-state index is 0.0255. The molecule has 0 bridgehead atoms. The van der Waals surface area contributed by atoms with E-state index in [2.05, 4.69) is 38.7 Å². The smallest absolute Gasteiger partial charge is 0.329 e. The predicted molar refractivity (Wildman–Crippen MR) is 138 cm³/mol. The summed E-state index contributed by atoms with van der Waals surface area (Å²) in [5.74, 6) is 0.600. The molecule has 0 amide bonds. The van der Waals surface area contributed by atoms with Crippen molar-refractivity contribution in [2.45, 2.75) is 70.6 Å². The maximum Gasteiger partial charge on any atom is 0.329 e. The molecule has 2 unspecified atom stereocenters. The van der Waals surface area contributed by atoms with E-state index in [4.69, 9.17) is 4.74 Å². The molecule has 36 heavy (non-hydrogen) atoms. The first-order valence-electron chi connectivity index (χ1n) is 12.8. The number of nitrogens with zero attached hydrogens (tertiary/aromatic N) is 6. The van der Waals surface area contributed by atoms with E-state index >= 15 is 0 Å². The second-order valence-electron chi connectivity index (χ2n) is 9.45. The third-order valence-corrected chi connectivity index (χ3v) is 7.25. The highest BCUT2D eigenvalue weighted by atomic mass is 16.5. The van der Waals surface area contributed by atoms with Crippen LogP contribution < -0.4 is 5.69 Å². The van der Waals surface area contributed by atoms with Crippen LogP contribution in [-0.2, 0) is 17.7 Å². The molecule has 3 aromatic heterocycles. The van der Waals surface area contributed by atoms with Crippen molar-refractivity contribution in [3.05, 3.63) is 70.7 Å². The van der Waals surface area contributed by atoms with Crippen molar-refractivity contribution < 1.29 is 4.74 Å². The van der Waals surface area contributed by atoms with Gasteiger partial charge >= 0.3 is 5.69 Å². The number of aromatic amines is 1. The van der Waals surface area contributed by atoms with E-state index in [-0.39, 0.29) is 17.8 Å². The van der Waals surface area contributed by atoms with Crippen LogP contribution in [0, 0.1) is 0 Å². The molecule has 2 atom stereocenters. The molecule has 3 heterocycles. The van der Waals surface area contributed by atoms with Crippen LogP contribution >= 0.6 is 0 Å². The Hall–Kier alpha value is -3.59. The Morgan fingerprint density at radius 2 is 1.94 bits per heavy atom. The van der Waals surface area contributed by atoms with E-state index in [1.54, 1.807) is 13.3 Å². The van der Waals surface area contributed by atoms with Gasteiger partial charge < -0.3 is 4.74 Å². The van der Waals surface area contributed by atoms with Gasteiger partial charge in [0, 0.05) is 37.0 Å². The normalized spacial score (nSPS) is 17.9. The number of tetrazole rings is 1.